The molecule has 1 aliphatic rings. The number of pyridine rings is 1. The number of likely N-dealkylation sites (tertiary alicyclic amines) is 1. The standard InChI is InChI=1S/C26H28FN7O2/c1-3-4-12-33-13-6-5-7-20(33)25-32-22(23(24(28)35)34(25)29)17-8-10-18(11-9-17)26(36)31-21-14-16(2)19(27)15-30-21/h8-11,14-15,20H,5-7,12-13,29H2,1-2H3,(H2,28,35)(H,30,31,36). The van der Waals surface area contributed by atoms with E-state index in [2.05, 4.69) is 27.0 Å². The average molecular weight is 490 g/mol. The number of rotatable bonds is 6. The molecule has 10 heteroatoms. The maximum Gasteiger partial charge on any atom is 0.269 e. The number of nitrogens with two attached hydrogens (primary N) is 2. The smallest absolute Gasteiger partial charge is 0.269 e. The van der Waals surface area contributed by atoms with E-state index in [-0.39, 0.29) is 17.6 Å². The van der Waals surface area contributed by atoms with Crippen molar-refractivity contribution in [3.63, 3.8) is 0 Å². The van der Waals surface area contributed by atoms with Crippen LogP contribution in [0.3, 0.4) is 0 Å². The Bertz CT molecular complexity index is 1360. The molecular formula is C26H28FN7O2. The molecule has 1 unspecified atom stereocenters. The Morgan fingerprint density at radius 2 is 2.00 bits per heavy atom. The summed E-state index contributed by atoms with van der Waals surface area (Å²) in [6.45, 7) is 4.83. The molecule has 36 heavy (non-hydrogen) atoms. The van der Waals surface area contributed by atoms with Crippen LogP contribution < -0.4 is 16.9 Å². The van der Waals surface area contributed by atoms with Gasteiger partial charge in [-0.05, 0) is 57.0 Å². The van der Waals surface area contributed by atoms with E-state index in [1.807, 2.05) is 0 Å². The Balaban J connectivity index is 1.62. The van der Waals surface area contributed by atoms with Gasteiger partial charge >= 0.3 is 0 Å². The summed E-state index contributed by atoms with van der Waals surface area (Å²) in [6.07, 6.45) is 3.97. The van der Waals surface area contributed by atoms with Crippen LogP contribution >= 0.6 is 0 Å². The van der Waals surface area contributed by atoms with Gasteiger partial charge in [0.15, 0.2) is 5.69 Å². The summed E-state index contributed by atoms with van der Waals surface area (Å²) in [6, 6.07) is 7.93. The second kappa shape index (κ2) is 10.6. The number of hydrogen-bond acceptors (Lipinski definition) is 6. The number of nitrogen functional groups attached to an aromatic ring is 1. The van der Waals surface area contributed by atoms with Gasteiger partial charge in [-0.3, -0.25) is 14.5 Å². The summed E-state index contributed by atoms with van der Waals surface area (Å²) in [5.41, 5.74) is 7.46. The number of benzene rings is 1. The lowest BCUT2D eigenvalue weighted by Gasteiger charge is -2.33. The summed E-state index contributed by atoms with van der Waals surface area (Å²) < 4.78 is 14.7. The molecule has 1 fully saturated rings. The van der Waals surface area contributed by atoms with Crippen LogP contribution in [0.15, 0.2) is 36.5 Å². The minimum atomic E-state index is -0.693. The predicted molar refractivity (Wildman–Crippen MR) is 135 cm³/mol. The topological polar surface area (TPSA) is 132 Å². The predicted octanol–water partition coefficient (Wildman–Crippen LogP) is 3.01. The number of primary amides is 1. The molecule has 3 aromatic rings. The quantitative estimate of drug-likeness (QED) is 0.360. The number of amides is 2. The number of carbonyl (C=O) groups is 2. The molecule has 1 saturated heterocycles. The van der Waals surface area contributed by atoms with Crippen molar-refractivity contribution < 1.29 is 14.0 Å². The maximum absolute atomic E-state index is 13.4. The fourth-order valence-corrected chi connectivity index (χ4v) is 4.35. The molecular weight excluding hydrogens is 461 g/mol. The number of anilines is 1. The molecule has 0 aliphatic carbocycles. The molecule has 9 nitrogen and oxygen atoms in total. The van der Waals surface area contributed by atoms with Crippen molar-refractivity contribution >= 4 is 17.6 Å². The van der Waals surface area contributed by atoms with Gasteiger partial charge in [0.2, 0.25) is 0 Å². The summed E-state index contributed by atoms with van der Waals surface area (Å²) in [5.74, 6) is 11.6. The van der Waals surface area contributed by atoms with E-state index in [9.17, 15) is 14.0 Å². The van der Waals surface area contributed by atoms with Crippen LogP contribution in [0.5, 0.6) is 0 Å². The summed E-state index contributed by atoms with van der Waals surface area (Å²) in [4.78, 5) is 35.8. The van der Waals surface area contributed by atoms with E-state index in [0.717, 1.165) is 32.0 Å². The average Bonchev–Trinajstić information content (AvgIpc) is 3.22. The lowest BCUT2D eigenvalue weighted by atomic mass is 10.0. The van der Waals surface area contributed by atoms with Gasteiger partial charge in [0.25, 0.3) is 11.8 Å². The zero-order valence-corrected chi connectivity index (χ0v) is 20.2. The van der Waals surface area contributed by atoms with Crippen LogP contribution in [0.4, 0.5) is 10.2 Å². The molecule has 3 heterocycles. The number of piperidine rings is 1. The summed E-state index contributed by atoms with van der Waals surface area (Å²) in [7, 11) is 0. The van der Waals surface area contributed by atoms with Gasteiger partial charge in [-0.15, -0.1) is 5.92 Å². The molecule has 186 valence electrons. The number of aryl methyl sites for hydroxylation is 1. The van der Waals surface area contributed by atoms with Crippen molar-refractivity contribution in [3.8, 4) is 23.1 Å². The molecule has 0 radical (unpaired) electrons. The van der Waals surface area contributed by atoms with Gasteiger partial charge < -0.3 is 16.9 Å². The molecule has 4 rings (SSSR count). The summed E-state index contributed by atoms with van der Waals surface area (Å²) >= 11 is 0. The van der Waals surface area contributed by atoms with Crippen molar-refractivity contribution in [1.82, 2.24) is 19.5 Å². The zero-order chi connectivity index (χ0) is 25.8. The minimum absolute atomic E-state index is 0.0897. The van der Waals surface area contributed by atoms with E-state index in [1.165, 1.54) is 10.7 Å². The van der Waals surface area contributed by atoms with Crippen LogP contribution in [-0.2, 0) is 0 Å². The van der Waals surface area contributed by atoms with E-state index in [4.69, 9.17) is 16.6 Å². The third-order valence-electron chi connectivity index (χ3n) is 6.25. The highest BCUT2D eigenvalue weighted by Gasteiger charge is 2.31. The fraction of sp³-hybridized carbons (Fsp3) is 0.308. The van der Waals surface area contributed by atoms with E-state index in [0.29, 0.717) is 34.8 Å². The Morgan fingerprint density at radius 1 is 1.25 bits per heavy atom. The second-order valence-corrected chi connectivity index (χ2v) is 8.66. The fourth-order valence-electron chi connectivity index (χ4n) is 4.35. The molecule has 2 aromatic heterocycles. The Labute approximate surface area is 208 Å². The van der Waals surface area contributed by atoms with Crippen molar-refractivity contribution in [3.05, 3.63) is 65.0 Å². The normalized spacial score (nSPS) is 15.7. The van der Waals surface area contributed by atoms with Crippen molar-refractivity contribution in [2.75, 3.05) is 24.2 Å². The highest BCUT2D eigenvalue weighted by molar-refractivity contribution is 6.04. The molecule has 1 aromatic carbocycles. The number of hydrogen-bond donors (Lipinski definition) is 3. The number of imidazole rings is 1. The van der Waals surface area contributed by atoms with Crippen LogP contribution in [0.2, 0.25) is 0 Å². The lowest BCUT2D eigenvalue weighted by Crippen LogP contribution is -2.37. The van der Waals surface area contributed by atoms with E-state index >= 15 is 0 Å². The van der Waals surface area contributed by atoms with Crippen molar-refractivity contribution in [2.45, 2.75) is 39.2 Å². The third-order valence-corrected chi connectivity index (χ3v) is 6.25. The maximum atomic E-state index is 13.4. The SMILES string of the molecule is CC#CCN1CCCCC1c1nc(-c2ccc(C(=O)Nc3cc(C)c(F)cn3)cc2)c(C(N)=O)n1N. The zero-order valence-electron chi connectivity index (χ0n) is 20.2. The number of nitrogens with zero attached hydrogens (tertiary/aromatic N) is 4. The summed E-state index contributed by atoms with van der Waals surface area (Å²) in [5, 5.41) is 2.65. The number of carbonyl (C=O) groups excluding carboxylic acids is 2. The molecule has 0 saturated carbocycles. The highest BCUT2D eigenvalue weighted by Crippen LogP contribution is 2.33. The number of nitrogens with one attached hydrogen (secondary N) is 1. The van der Waals surface area contributed by atoms with Gasteiger partial charge in [0.1, 0.15) is 23.2 Å². The Hall–Kier alpha value is -4.23. The Kier molecular flexibility index (Phi) is 7.31. The third kappa shape index (κ3) is 5.06. The van der Waals surface area contributed by atoms with Crippen LogP contribution in [0.1, 0.15) is 64.5 Å². The van der Waals surface area contributed by atoms with Gasteiger partial charge in [0.05, 0.1) is 18.8 Å². The first kappa shape index (κ1) is 24.9. The monoisotopic (exact) mass is 489 g/mol. The van der Waals surface area contributed by atoms with Crippen molar-refractivity contribution in [2.24, 2.45) is 5.73 Å². The molecule has 0 spiro atoms. The number of halogens is 1. The van der Waals surface area contributed by atoms with Crippen molar-refractivity contribution in [1.29, 1.82) is 0 Å². The first-order chi connectivity index (χ1) is 17.3. The molecule has 0 bridgehead atoms. The lowest BCUT2D eigenvalue weighted by molar-refractivity contribution is 0.0990. The van der Waals surface area contributed by atoms with Gasteiger partial charge in [-0.1, -0.05) is 24.5 Å². The van der Waals surface area contributed by atoms with E-state index < -0.39 is 17.6 Å². The Morgan fingerprint density at radius 3 is 2.67 bits per heavy atom. The van der Waals surface area contributed by atoms with Crippen LogP contribution in [0.25, 0.3) is 11.3 Å². The van der Waals surface area contributed by atoms with Crippen LogP contribution in [-0.4, -0.2) is 44.4 Å². The first-order valence-corrected chi connectivity index (χ1v) is 11.6. The molecule has 1 atom stereocenters. The second-order valence-electron chi connectivity index (χ2n) is 8.66. The van der Waals surface area contributed by atoms with Gasteiger partial charge in [-0.2, -0.15) is 0 Å². The number of aromatic nitrogens is 3. The molecule has 1 aliphatic heterocycles. The van der Waals surface area contributed by atoms with Gasteiger partial charge in [0, 0.05) is 11.1 Å². The largest absolute Gasteiger partial charge is 0.364 e. The van der Waals surface area contributed by atoms with Crippen LogP contribution in [0, 0.1) is 24.6 Å². The van der Waals surface area contributed by atoms with E-state index in [1.54, 1.807) is 38.1 Å². The molecule has 5 N–H and O–H groups in total. The first-order valence-electron chi connectivity index (χ1n) is 11.6. The van der Waals surface area contributed by atoms with Gasteiger partial charge in [-0.25, -0.2) is 19.0 Å². The molecule has 2 amide bonds. The minimum Gasteiger partial charge on any atom is -0.364 e. The highest BCUT2D eigenvalue weighted by atomic mass is 19.1.